The van der Waals surface area contributed by atoms with Gasteiger partial charge in [-0.15, -0.1) is 5.10 Å². The quantitative estimate of drug-likeness (QED) is 0.750. The summed E-state index contributed by atoms with van der Waals surface area (Å²) in [5, 5.41) is 5.12. The minimum atomic E-state index is -3.68. The van der Waals surface area contributed by atoms with Gasteiger partial charge >= 0.3 is 0 Å². The minimum absolute atomic E-state index is 0.190. The van der Waals surface area contributed by atoms with Crippen molar-refractivity contribution in [1.29, 1.82) is 0 Å². The highest BCUT2D eigenvalue weighted by molar-refractivity contribution is 7.89. The van der Waals surface area contributed by atoms with Crippen molar-refractivity contribution in [3.63, 3.8) is 0 Å². The van der Waals surface area contributed by atoms with Gasteiger partial charge in [0.05, 0.1) is 4.90 Å². The third-order valence-corrected chi connectivity index (χ3v) is 4.89. The molecule has 0 saturated carbocycles. The lowest BCUT2D eigenvalue weighted by Gasteiger charge is -2.07. The van der Waals surface area contributed by atoms with E-state index >= 15 is 0 Å². The Bertz CT molecular complexity index is 1020. The van der Waals surface area contributed by atoms with Crippen LogP contribution in [0.25, 0.3) is 10.9 Å². The third kappa shape index (κ3) is 3.12. The second-order valence-corrected chi connectivity index (χ2v) is 6.99. The van der Waals surface area contributed by atoms with E-state index in [9.17, 15) is 8.42 Å². The van der Waals surface area contributed by atoms with E-state index in [1.165, 1.54) is 0 Å². The number of para-hydroxylation sites is 1. The molecular weight excluding hydrogens is 310 g/mol. The number of hydrogen-bond acceptors (Lipinski definition) is 3. The predicted octanol–water partition coefficient (Wildman–Crippen LogP) is 2.28. The van der Waals surface area contributed by atoms with Gasteiger partial charge in [0.25, 0.3) is 10.0 Å². The van der Waals surface area contributed by atoms with Crippen molar-refractivity contribution in [2.45, 2.75) is 11.8 Å². The van der Waals surface area contributed by atoms with E-state index in [0.29, 0.717) is 5.49 Å². The summed E-state index contributed by atoms with van der Waals surface area (Å²) in [5.74, 6) is 0. The van der Waals surface area contributed by atoms with Gasteiger partial charge in [-0.2, -0.15) is 13.2 Å². The Hall–Kier alpha value is -2.60. The number of aryl methyl sites for hydroxylation is 2. The fourth-order valence-electron chi connectivity index (χ4n) is 2.32. The monoisotopic (exact) mass is 327 g/mol. The third-order valence-electron chi connectivity index (χ3n) is 3.67. The van der Waals surface area contributed by atoms with E-state index in [-0.39, 0.29) is 4.90 Å². The Kier molecular flexibility index (Phi) is 3.92. The SMILES string of the molecule is Cc1ccc(S(=O)(=O)NN=c2ccc3ccccc3n2C)cc1. The molecular formula is C17H17N3O2S. The molecule has 2 aromatic carbocycles. The van der Waals surface area contributed by atoms with E-state index < -0.39 is 10.0 Å². The number of hydrogen-bond donors (Lipinski definition) is 1. The number of nitrogens with one attached hydrogen (secondary N) is 1. The first-order valence-corrected chi connectivity index (χ1v) is 8.63. The van der Waals surface area contributed by atoms with Crippen molar-refractivity contribution in [2.75, 3.05) is 0 Å². The van der Waals surface area contributed by atoms with E-state index in [0.717, 1.165) is 16.5 Å². The first-order chi connectivity index (χ1) is 11.0. The zero-order valence-corrected chi connectivity index (χ0v) is 13.7. The predicted molar refractivity (Wildman–Crippen MR) is 90.0 cm³/mol. The molecule has 1 aromatic heterocycles. The molecule has 0 aliphatic carbocycles. The van der Waals surface area contributed by atoms with Crippen LogP contribution in [0.15, 0.2) is 70.7 Å². The van der Waals surface area contributed by atoms with E-state index in [1.807, 2.05) is 48.9 Å². The molecule has 0 amide bonds. The van der Waals surface area contributed by atoms with Gasteiger partial charge in [0.1, 0.15) is 0 Å². The molecule has 118 valence electrons. The van der Waals surface area contributed by atoms with Crippen molar-refractivity contribution in [3.05, 3.63) is 71.7 Å². The number of pyridine rings is 1. The van der Waals surface area contributed by atoms with Gasteiger partial charge < -0.3 is 4.57 Å². The molecule has 1 heterocycles. The summed E-state index contributed by atoms with van der Waals surface area (Å²) in [4.78, 5) is 2.48. The van der Waals surface area contributed by atoms with Crippen LogP contribution in [0.1, 0.15) is 5.56 Å². The van der Waals surface area contributed by atoms with Crippen LogP contribution >= 0.6 is 0 Å². The second kappa shape index (κ2) is 5.89. The Morgan fingerprint density at radius 3 is 2.39 bits per heavy atom. The van der Waals surface area contributed by atoms with Gasteiger partial charge in [-0.3, -0.25) is 0 Å². The number of benzene rings is 2. The number of fused-ring (bicyclic) bond motifs is 1. The summed E-state index contributed by atoms with van der Waals surface area (Å²) in [7, 11) is -1.83. The van der Waals surface area contributed by atoms with Crippen LogP contribution in [0.2, 0.25) is 0 Å². The molecule has 0 fully saturated rings. The van der Waals surface area contributed by atoms with Crippen LogP contribution < -0.4 is 10.3 Å². The molecule has 3 rings (SSSR count). The summed E-state index contributed by atoms with van der Waals surface area (Å²) in [6.07, 6.45) is 0. The molecule has 0 aliphatic rings. The molecule has 6 heteroatoms. The highest BCUT2D eigenvalue weighted by atomic mass is 32.2. The van der Waals surface area contributed by atoms with Crippen LogP contribution in [0.3, 0.4) is 0 Å². The Morgan fingerprint density at radius 1 is 0.957 bits per heavy atom. The largest absolute Gasteiger partial charge is 0.327 e. The van der Waals surface area contributed by atoms with Gasteiger partial charge in [0.15, 0.2) is 5.49 Å². The zero-order chi connectivity index (χ0) is 16.4. The molecule has 0 aliphatic heterocycles. The standard InChI is InChI=1S/C17H17N3O2S/c1-13-7-10-15(11-8-13)23(21,22)19-18-17-12-9-14-5-3-4-6-16(14)20(17)2/h3-12,19H,1-2H3. The first kappa shape index (κ1) is 15.3. The second-order valence-electron chi connectivity index (χ2n) is 5.33. The molecule has 0 atom stereocenters. The van der Waals surface area contributed by atoms with Crippen LogP contribution in [0, 0.1) is 6.92 Å². The molecule has 23 heavy (non-hydrogen) atoms. The fourth-order valence-corrected chi connectivity index (χ4v) is 3.14. The summed E-state index contributed by atoms with van der Waals surface area (Å²) in [6.45, 7) is 1.91. The molecule has 3 aromatic rings. The van der Waals surface area contributed by atoms with Crippen molar-refractivity contribution in [2.24, 2.45) is 12.1 Å². The molecule has 0 radical (unpaired) electrons. The lowest BCUT2D eigenvalue weighted by atomic mass is 10.2. The maximum atomic E-state index is 12.3. The van der Waals surface area contributed by atoms with E-state index in [1.54, 1.807) is 30.3 Å². The molecule has 0 bridgehead atoms. The number of nitrogens with zero attached hydrogens (tertiary/aromatic N) is 2. The van der Waals surface area contributed by atoms with Crippen LogP contribution in [0.5, 0.6) is 0 Å². The van der Waals surface area contributed by atoms with Crippen molar-refractivity contribution in [3.8, 4) is 0 Å². The summed E-state index contributed by atoms with van der Waals surface area (Å²) >= 11 is 0. The lowest BCUT2D eigenvalue weighted by Crippen LogP contribution is -2.26. The summed E-state index contributed by atoms with van der Waals surface area (Å²) in [5.41, 5.74) is 2.50. The Balaban J connectivity index is 1.99. The van der Waals surface area contributed by atoms with E-state index in [4.69, 9.17) is 0 Å². The van der Waals surface area contributed by atoms with Gasteiger partial charge in [-0.25, -0.2) is 0 Å². The van der Waals surface area contributed by atoms with Crippen molar-refractivity contribution < 1.29 is 8.42 Å². The van der Waals surface area contributed by atoms with Gasteiger partial charge in [0, 0.05) is 12.6 Å². The molecule has 1 N–H and O–H groups in total. The first-order valence-electron chi connectivity index (χ1n) is 7.14. The van der Waals surface area contributed by atoms with Crippen LogP contribution in [0.4, 0.5) is 0 Å². The van der Waals surface area contributed by atoms with Crippen LogP contribution in [-0.2, 0) is 17.1 Å². The lowest BCUT2D eigenvalue weighted by molar-refractivity contribution is 0.582. The number of rotatable bonds is 3. The van der Waals surface area contributed by atoms with E-state index in [2.05, 4.69) is 9.93 Å². The normalized spacial score (nSPS) is 12.5. The number of sulfonamides is 1. The topological polar surface area (TPSA) is 63.5 Å². The molecule has 0 unspecified atom stereocenters. The van der Waals surface area contributed by atoms with Gasteiger partial charge in [-0.05, 0) is 42.6 Å². The maximum Gasteiger partial charge on any atom is 0.276 e. The molecule has 5 nitrogen and oxygen atoms in total. The van der Waals surface area contributed by atoms with Gasteiger partial charge in [-0.1, -0.05) is 35.9 Å². The minimum Gasteiger partial charge on any atom is -0.327 e. The molecule has 0 spiro atoms. The fraction of sp³-hybridized carbons (Fsp3) is 0.118. The summed E-state index contributed by atoms with van der Waals surface area (Å²) < 4.78 is 26.4. The van der Waals surface area contributed by atoms with Crippen LogP contribution in [-0.4, -0.2) is 13.0 Å². The summed E-state index contributed by atoms with van der Waals surface area (Å²) in [6, 6.07) is 18.2. The van der Waals surface area contributed by atoms with Crippen molar-refractivity contribution >= 4 is 20.9 Å². The van der Waals surface area contributed by atoms with Crippen molar-refractivity contribution in [1.82, 2.24) is 9.40 Å². The highest BCUT2D eigenvalue weighted by Crippen LogP contribution is 2.10. The van der Waals surface area contributed by atoms with Gasteiger partial charge in [0.2, 0.25) is 0 Å². The molecule has 0 saturated heterocycles. The highest BCUT2D eigenvalue weighted by Gasteiger charge is 2.12. The average Bonchev–Trinajstić information content (AvgIpc) is 2.55. The maximum absolute atomic E-state index is 12.3. The smallest absolute Gasteiger partial charge is 0.276 e. The Labute approximate surface area is 135 Å². The Morgan fingerprint density at radius 2 is 1.65 bits per heavy atom. The zero-order valence-electron chi connectivity index (χ0n) is 12.9. The number of aromatic nitrogens is 1. The average molecular weight is 327 g/mol.